The topological polar surface area (TPSA) is 54.9 Å². The monoisotopic (exact) mass is 368 g/mol. The number of aromatic amines is 1. The Morgan fingerprint density at radius 1 is 1.04 bits per heavy atom. The van der Waals surface area contributed by atoms with E-state index in [4.69, 9.17) is 12.2 Å². The van der Waals surface area contributed by atoms with E-state index in [9.17, 15) is 9.00 Å². The van der Waals surface area contributed by atoms with Gasteiger partial charge in [0.05, 0.1) is 21.5 Å². The second kappa shape index (κ2) is 8.00. The zero-order valence-corrected chi connectivity index (χ0v) is 14.9. The van der Waals surface area contributed by atoms with Gasteiger partial charge in [0, 0.05) is 18.5 Å². The van der Waals surface area contributed by atoms with Crippen LogP contribution in [0, 0.1) is 4.77 Å². The summed E-state index contributed by atoms with van der Waals surface area (Å²) in [5, 5.41) is 0. The Labute approximate surface area is 152 Å². The molecule has 0 radical (unpaired) electrons. The average Bonchev–Trinajstić information content (AvgIpc) is 2.62. The molecule has 0 spiro atoms. The summed E-state index contributed by atoms with van der Waals surface area (Å²) in [6.07, 6.45) is 3.29. The molecular weight excluding hydrogens is 352 g/mol. The van der Waals surface area contributed by atoms with Crippen molar-refractivity contribution in [3.63, 3.8) is 0 Å². The normalized spacial score (nSPS) is 12.7. The fourth-order valence-corrected chi connectivity index (χ4v) is 3.82. The van der Waals surface area contributed by atoms with Crippen LogP contribution < -0.4 is 5.56 Å². The zero-order chi connectivity index (χ0) is 17.6. The van der Waals surface area contributed by atoms with Gasteiger partial charge >= 0.3 is 0 Å². The van der Waals surface area contributed by atoms with Crippen molar-refractivity contribution in [2.24, 2.45) is 0 Å². The molecule has 0 aliphatic rings. The minimum Gasteiger partial charge on any atom is -0.300 e. The first kappa shape index (κ1) is 17.3. The predicted molar refractivity (Wildman–Crippen MR) is 105 cm³/mol. The molecule has 3 rings (SSSR count). The zero-order valence-electron chi connectivity index (χ0n) is 13.3. The first-order valence-electron chi connectivity index (χ1n) is 7.64. The van der Waals surface area contributed by atoms with Crippen molar-refractivity contribution in [1.29, 1.82) is 0 Å². The van der Waals surface area contributed by atoms with E-state index < -0.39 is 10.8 Å². The van der Waals surface area contributed by atoms with E-state index in [-0.39, 0.29) is 10.3 Å². The lowest BCUT2D eigenvalue weighted by molar-refractivity contribution is 0.688. The number of hydrogen-bond acceptors (Lipinski definition) is 3. The molecule has 6 heteroatoms. The molecule has 1 heterocycles. The van der Waals surface area contributed by atoms with Crippen LogP contribution in [0.1, 0.15) is 11.1 Å². The lowest BCUT2D eigenvalue weighted by Crippen LogP contribution is -2.09. The molecule has 1 aromatic heterocycles. The van der Waals surface area contributed by atoms with Gasteiger partial charge in [-0.1, -0.05) is 60.7 Å². The van der Waals surface area contributed by atoms with Crippen LogP contribution in [0.5, 0.6) is 0 Å². The average molecular weight is 368 g/mol. The molecule has 0 aliphatic heterocycles. The maximum Gasteiger partial charge on any atom is 0.251 e. The van der Waals surface area contributed by atoms with Crippen molar-refractivity contribution in [2.45, 2.75) is 5.75 Å². The largest absolute Gasteiger partial charge is 0.300 e. The highest BCUT2D eigenvalue weighted by Gasteiger charge is 2.11. The highest BCUT2D eigenvalue weighted by atomic mass is 32.2. The number of benzene rings is 2. The maximum absolute atomic E-state index is 13.0. The molecular formula is C19H16N2O2S2. The first-order chi connectivity index (χ1) is 12.1. The highest BCUT2D eigenvalue weighted by Crippen LogP contribution is 2.22. The molecule has 0 bridgehead atoms. The Kier molecular flexibility index (Phi) is 5.53. The number of aromatic nitrogens is 2. The van der Waals surface area contributed by atoms with Gasteiger partial charge < -0.3 is 0 Å². The standard InChI is InChI=1S/C19H16N2O2S2/c22-18-11-12-21(19(24)20-18)13-17(16-9-5-2-6-10-16)25(23)14-15-7-3-1-4-8-15/h1-13H,14H2,(H,20,22,24)/b17-13-. The molecule has 2 aromatic carbocycles. The smallest absolute Gasteiger partial charge is 0.251 e. The summed E-state index contributed by atoms with van der Waals surface area (Å²) < 4.78 is 14.9. The summed E-state index contributed by atoms with van der Waals surface area (Å²) in [4.78, 5) is 14.6. The van der Waals surface area contributed by atoms with Crippen molar-refractivity contribution in [2.75, 3.05) is 0 Å². The van der Waals surface area contributed by atoms with E-state index in [0.29, 0.717) is 10.7 Å². The third-order valence-electron chi connectivity index (χ3n) is 3.55. The van der Waals surface area contributed by atoms with Gasteiger partial charge in [-0.25, -0.2) is 0 Å². The van der Waals surface area contributed by atoms with Gasteiger partial charge in [-0.15, -0.1) is 0 Å². The number of rotatable bonds is 5. The van der Waals surface area contributed by atoms with Crippen molar-refractivity contribution in [1.82, 2.24) is 9.55 Å². The van der Waals surface area contributed by atoms with E-state index in [1.807, 2.05) is 60.7 Å². The van der Waals surface area contributed by atoms with Crippen LogP contribution in [-0.4, -0.2) is 13.8 Å². The molecule has 0 saturated heterocycles. The number of nitrogens with zero attached hydrogens (tertiary/aromatic N) is 1. The lowest BCUT2D eigenvalue weighted by atomic mass is 10.2. The van der Waals surface area contributed by atoms with Crippen LogP contribution in [0.3, 0.4) is 0 Å². The molecule has 4 nitrogen and oxygen atoms in total. The van der Waals surface area contributed by atoms with E-state index >= 15 is 0 Å². The summed E-state index contributed by atoms with van der Waals surface area (Å²) in [7, 11) is -1.27. The number of nitrogens with one attached hydrogen (secondary N) is 1. The minimum absolute atomic E-state index is 0.262. The highest BCUT2D eigenvalue weighted by molar-refractivity contribution is 7.94. The molecule has 126 valence electrons. The van der Waals surface area contributed by atoms with E-state index in [1.165, 1.54) is 6.07 Å². The summed E-state index contributed by atoms with van der Waals surface area (Å²) >= 11 is 5.19. The van der Waals surface area contributed by atoms with Gasteiger partial charge in [0.1, 0.15) is 0 Å². The predicted octanol–water partition coefficient (Wildman–Crippen LogP) is 3.81. The lowest BCUT2D eigenvalue weighted by Gasteiger charge is -2.10. The van der Waals surface area contributed by atoms with Gasteiger partial charge in [0.2, 0.25) is 0 Å². The van der Waals surface area contributed by atoms with E-state index in [2.05, 4.69) is 4.98 Å². The third-order valence-corrected chi connectivity index (χ3v) is 5.29. The van der Waals surface area contributed by atoms with Gasteiger partial charge in [-0.05, 0) is 23.3 Å². The number of H-pyrrole nitrogens is 1. The summed E-state index contributed by atoms with van der Waals surface area (Å²) in [5.74, 6) is 0.401. The molecule has 1 unspecified atom stereocenters. The Hall–Kier alpha value is -2.57. The molecule has 1 N–H and O–H groups in total. The first-order valence-corrected chi connectivity index (χ1v) is 9.37. The van der Waals surface area contributed by atoms with Gasteiger partial charge in [0.25, 0.3) is 5.56 Å². The van der Waals surface area contributed by atoms with Crippen molar-refractivity contribution in [3.05, 3.63) is 99.2 Å². The Bertz CT molecular complexity index is 1020. The summed E-state index contributed by atoms with van der Waals surface area (Å²) in [6.45, 7) is 0. The van der Waals surface area contributed by atoms with E-state index in [0.717, 1.165) is 11.1 Å². The molecule has 3 aromatic rings. The number of hydrogen-bond donors (Lipinski definition) is 1. The van der Waals surface area contributed by atoms with Crippen molar-refractivity contribution in [3.8, 4) is 0 Å². The van der Waals surface area contributed by atoms with E-state index in [1.54, 1.807) is 17.0 Å². The van der Waals surface area contributed by atoms with Crippen LogP contribution in [0.2, 0.25) is 0 Å². The Balaban J connectivity index is 2.04. The fraction of sp³-hybridized carbons (Fsp3) is 0.0526. The van der Waals surface area contributed by atoms with Gasteiger partial charge in [-0.2, -0.15) is 0 Å². The third kappa shape index (κ3) is 4.49. The van der Waals surface area contributed by atoms with Crippen molar-refractivity contribution >= 4 is 34.1 Å². The van der Waals surface area contributed by atoms with Crippen LogP contribution in [0.15, 0.2) is 77.7 Å². The maximum atomic E-state index is 13.0. The van der Waals surface area contributed by atoms with Crippen LogP contribution in [-0.2, 0) is 16.6 Å². The van der Waals surface area contributed by atoms with Crippen LogP contribution >= 0.6 is 12.2 Å². The fourth-order valence-electron chi connectivity index (χ4n) is 2.33. The quantitative estimate of drug-likeness (QED) is 0.697. The molecule has 0 saturated carbocycles. The second-order valence-electron chi connectivity index (χ2n) is 5.35. The molecule has 0 aliphatic carbocycles. The SMILES string of the molecule is O=c1ccn(/C=C(/c2ccccc2)S(=O)Cc2ccccc2)c(=S)[nH]1. The summed E-state index contributed by atoms with van der Waals surface area (Å²) in [6, 6.07) is 20.6. The Morgan fingerprint density at radius 2 is 1.68 bits per heavy atom. The molecule has 0 fully saturated rings. The van der Waals surface area contributed by atoms with Gasteiger partial charge in [0.15, 0.2) is 4.77 Å². The molecule has 1 atom stereocenters. The Morgan fingerprint density at radius 3 is 2.32 bits per heavy atom. The van der Waals surface area contributed by atoms with Gasteiger partial charge in [-0.3, -0.25) is 18.6 Å². The van der Waals surface area contributed by atoms with Crippen LogP contribution in [0.4, 0.5) is 0 Å². The molecule has 25 heavy (non-hydrogen) atoms. The molecule has 0 amide bonds. The second-order valence-corrected chi connectivity index (χ2v) is 7.16. The minimum atomic E-state index is -1.27. The summed E-state index contributed by atoms with van der Waals surface area (Å²) in [5.41, 5.74) is 1.58. The van der Waals surface area contributed by atoms with Crippen molar-refractivity contribution < 1.29 is 4.21 Å². The van der Waals surface area contributed by atoms with Crippen LogP contribution in [0.25, 0.3) is 11.1 Å².